The highest BCUT2D eigenvalue weighted by atomic mass is 19.1. The summed E-state index contributed by atoms with van der Waals surface area (Å²) in [4.78, 5) is 0. The first-order chi connectivity index (χ1) is 10.1. The van der Waals surface area contributed by atoms with Gasteiger partial charge in [0.05, 0.1) is 6.04 Å². The SMILES string of the molecule is Cc1cc(F)c(C(C)NC2COc3ccccc32)cc1F. The van der Waals surface area contributed by atoms with Crippen molar-refractivity contribution >= 4 is 0 Å². The maximum Gasteiger partial charge on any atom is 0.128 e. The third-order valence-corrected chi connectivity index (χ3v) is 3.90. The largest absolute Gasteiger partial charge is 0.491 e. The van der Waals surface area contributed by atoms with Crippen molar-refractivity contribution < 1.29 is 13.5 Å². The van der Waals surface area contributed by atoms with Crippen molar-refractivity contribution in [1.29, 1.82) is 0 Å². The Kier molecular flexibility index (Phi) is 3.64. The van der Waals surface area contributed by atoms with E-state index in [2.05, 4.69) is 5.32 Å². The standard InChI is InChI=1S/C17H17F2NO/c1-10-7-15(19)13(8-14(10)18)11(2)20-16-9-21-17-6-4-3-5-12(16)17/h3-8,11,16,20H,9H2,1-2H3. The van der Waals surface area contributed by atoms with Gasteiger partial charge in [-0.25, -0.2) is 8.78 Å². The molecule has 2 aromatic rings. The second-order valence-electron chi connectivity index (χ2n) is 5.41. The lowest BCUT2D eigenvalue weighted by atomic mass is 10.0. The number of para-hydroxylation sites is 1. The Bertz CT molecular complexity index is 672. The summed E-state index contributed by atoms with van der Waals surface area (Å²) in [5, 5.41) is 3.31. The number of aryl methyl sites for hydroxylation is 1. The summed E-state index contributed by atoms with van der Waals surface area (Å²) in [6.45, 7) is 3.88. The summed E-state index contributed by atoms with van der Waals surface area (Å²) in [5.41, 5.74) is 1.71. The molecule has 3 rings (SSSR count). The first-order valence-corrected chi connectivity index (χ1v) is 6.99. The summed E-state index contributed by atoms with van der Waals surface area (Å²) in [5.74, 6) is 0.0713. The molecular formula is C17H17F2NO. The molecule has 0 saturated carbocycles. The molecule has 2 unspecified atom stereocenters. The van der Waals surface area contributed by atoms with Crippen molar-refractivity contribution in [3.8, 4) is 5.75 Å². The van der Waals surface area contributed by atoms with E-state index in [-0.39, 0.29) is 23.7 Å². The molecule has 0 amide bonds. The zero-order chi connectivity index (χ0) is 15.0. The Morgan fingerprint density at radius 2 is 1.95 bits per heavy atom. The van der Waals surface area contributed by atoms with Crippen LogP contribution in [-0.2, 0) is 0 Å². The van der Waals surface area contributed by atoms with Crippen LogP contribution in [0.1, 0.15) is 35.7 Å². The highest BCUT2D eigenvalue weighted by Gasteiger charge is 2.26. The van der Waals surface area contributed by atoms with Crippen molar-refractivity contribution in [2.75, 3.05) is 6.61 Å². The first-order valence-electron chi connectivity index (χ1n) is 6.99. The predicted octanol–water partition coefficient (Wildman–Crippen LogP) is 4.06. The smallest absolute Gasteiger partial charge is 0.128 e. The van der Waals surface area contributed by atoms with Gasteiger partial charge < -0.3 is 10.1 Å². The quantitative estimate of drug-likeness (QED) is 0.920. The Balaban J connectivity index is 1.82. The van der Waals surface area contributed by atoms with Crippen LogP contribution in [0.2, 0.25) is 0 Å². The third kappa shape index (κ3) is 2.63. The van der Waals surface area contributed by atoms with Gasteiger partial charge in [0, 0.05) is 17.2 Å². The average Bonchev–Trinajstić information content (AvgIpc) is 2.86. The van der Waals surface area contributed by atoms with Gasteiger partial charge in [0.25, 0.3) is 0 Å². The topological polar surface area (TPSA) is 21.3 Å². The summed E-state index contributed by atoms with van der Waals surface area (Å²) in [7, 11) is 0. The normalized spacial score (nSPS) is 18.2. The Labute approximate surface area is 122 Å². The summed E-state index contributed by atoms with van der Waals surface area (Å²) < 4.78 is 33.3. The van der Waals surface area contributed by atoms with E-state index in [1.165, 1.54) is 12.1 Å². The molecule has 0 radical (unpaired) electrons. The first kappa shape index (κ1) is 14.0. The Hall–Kier alpha value is -1.94. The van der Waals surface area contributed by atoms with E-state index >= 15 is 0 Å². The Morgan fingerprint density at radius 3 is 2.76 bits per heavy atom. The van der Waals surface area contributed by atoms with E-state index in [0.29, 0.717) is 17.7 Å². The molecule has 0 saturated heterocycles. The molecule has 2 aromatic carbocycles. The number of halogens is 2. The number of nitrogens with one attached hydrogen (secondary N) is 1. The van der Waals surface area contributed by atoms with Gasteiger partial charge in [-0.3, -0.25) is 0 Å². The average molecular weight is 289 g/mol. The molecule has 0 spiro atoms. The van der Waals surface area contributed by atoms with Crippen LogP contribution >= 0.6 is 0 Å². The maximum absolute atomic E-state index is 14.0. The van der Waals surface area contributed by atoms with Crippen molar-refractivity contribution in [1.82, 2.24) is 5.32 Å². The molecule has 1 N–H and O–H groups in total. The minimum Gasteiger partial charge on any atom is -0.491 e. The highest BCUT2D eigenvalue weighted by molar-refractivity contribution is 5.39. The maximum atomic E-state index is 14.0. The second-order valence-corrected chi connectivity index (χ2v) is 5.41. The number of hydrogen-bond acceptors (Lipinski definition) is 2. The summed E-state index contributed by atoms with van der Waals surface area (Å²) >= 11 is 0. The number of ether oxygens (including phenoxy) is 1. The van der Waals surface area contributed by atoms with E-state index < -0.39 is 0 Å². The van der Waals surface area contributed by atoms with Crippen LogP contribution in [0.25, 0.3) is 0 Å². The lowest BCUT2D eigenvalue weighted by Gasteiger charge is -2.20. The molecule has 0 aromatic heterocycles. The summed E-state index contributed by atoms with van der Waals surface area (Å²) in [6, 6.07) is 9.94. The molecule has 1 aliphatic heterocycles. The fourth-order valence-electron chi connectivity index (χ4n) is 2.69. The van der Waals surface area contributed by atoms with Crippen molar-refractivity contribution in [2.45, 2.75) is 25.9 Å². The predicted molar refractivity (Wildman–Crippen MR) is 77.3 cm³/mol. The molecule has 0 aliphatic carbocycles. The molecule has 0 bridgehead atoms. The highest BCUT2D eigenvalue weighted by Crippen LogP contribution is 2.33. The molecule has 0 fully saturated rings. The van der Waals surface area contributed by atoms with Gasteiger partial charge in [-0.05, 0) is 37.6 Å². The van der Waals surface area contributed by atoms with Gasteiger partial charge in [-0.1, -0.05) is 18.2 Å². The van der Waals surface area contributed by atoms with Gasteiger partial charge in [-0.2, -0.15) is 0 Å². The van der Waals surface area contributed by atoms with Crippen molar-refractivity contribution in [3.63, 3.8) is 0 Å². The number of hydrogen-bond donors (Lipinski definition) is 1. The fraction of sp³-hybridized carbons (Fsp3) is 0.294. The Morgan fingerprint density at radius 1 is 1.19 bits per heavy atom. The van der Waals surface area contributed by atoms with Crippen LogP contribution < -0.4 is 10.1 Å². The minimum absolute atomic E-state index is 0.0139. The number of rotatable bonds is 3. The van der Waals surface area contributed by atoms with Gasteiger partial charge in [-0.15, -0.1) is 0 Å². The van der Waals surface area contributed by atoms with Gasteiger partial charge >= 0.3 is 0 Å². The molecule has 2 nitrogen and oxygen atoms in total. The molecule has 1 aliphatic rings. The van der Waals surface area contributed by atoms with E-state index in [1.807, 2.05) is 31.2 Å². The van der Waals surface area contributed by atoms with Crippen LogP contribution in [0.4, 0.5) is 8.78 Å². The van der Waals surface area contributed by atoms with Crippen LogP contribution in [0.15, 0.2) is 36.4 Å². The van der Waals surface area contributed by atoms with Crippen LogP contribution in [0, 0.1) is 18.6 Å². The van der Waals surface area contributed by atoms with Crippen LogP contribution in [0.3, 0.4) is 0 Å². The van der Waals surface area contributed by atoms with Crippen molar-refractivity contribution in [3.05, 3.63) is 64.7 Å². The zero-order valence-electron chi connectivity index (χ0n) is 12.0. The molecule has 110 valence electrons. The number of fused-ring (bicyclic) bond motifs is 1. The fourth-order valence-corrected chi connectivity index (χ4v) is 2.69. The monoisotopic (exact) mass is 289 g/mol. The second kappa shape index (κ2) is 5.45. The van der Waals surface area contributed by atoms with E-state index in [4.69, 9.17) is 4.74 Å². The molecular weight excluding hydrogens is 272 g/mol. The molecule has 1 heterocycles. The number of benzene rings is 2. The van der Waals surface area contributed by atoms with E-state index in [1.54, 1.807) is 6.92 Å². The minimum atomic E-state index is -0.388. The molecule has 4 heteroatoms. The van der Waals surface area contributed by atoms with E-state index in [0.717, 1.165) is 11.3 Å². The lowest BCUT2D eigenvalue weighted by molar-refractivity contribution is 0.299. The van der Waals surface area contributed by atoms with Gasteiger partial charge in [0.1, 0.15) is 24.0 Å². The lowest BCUT2D eigenvalue weighted by Crippen LogP contribution is -2.26. The molecule has 2 atom stereocenters. The summed E-state index contributed by atoms with van der Waals surface area (Å²) in [6.07, 6.45) is 0. The van der Waals surface area contributed by atoms with Crippen molar-refractivity contribution in [2.24, 2.45) is 0 Å². The van der Waals surface area contributed by atoms with Crippen LogP contribution in [0.5, 0.6) is 5.75 Å². The van der Waals surface area contributed by atoms with Gasteiger partial charge in [0.15, 0.2) is 0 Å². The van der Waals surface area contributed by atoms with E-state index in [9.17, 15) is 8.78 Å². The van der Waals surface area contributed by atoms with Gasteiger partial charge in [0.2, 0.25) is 0 Å². The zero-order valence-corrected chi connectivity index (χ0v) is 12.0. The molecule has 21 heavy (non-hydrogen) atoms. The third-order valence-electron chi connectivity index (χ3n) is 3.90. The van der Waals surface area contributed by atoms with Crippen LogP contribution in [-0.4, -0.2) is 6.61 Å².